The molecular weight excluding hydrogens is 401 g/mol. The van der Waals surface area contributed by atoms with Crippen molar-refractivity contribution in [3.63, 3.8) is 0 Å². The molecule has 25 heavy (non-hydrogen) atoms. The SMILES string of the molecule is OC(COc1cccc(Br)c1)Cn1c(C(F)(F)F)nc2ccccc21. The minimum absolute atomic E-state index is 0.139. The number of hydrogen-bond donors (Lipinski definition) is 1. The Hall–Kier alpha value is -2.06. The molecule has 0 aliphatic carbocycles. The summed E-state index contributed by atoms with van der Waals surface area (Å²) in [7, 11) is 0. The van der Waals surface area contributed by atoms with E-state index in [0.717, 1.165) is 9.04 Å². The molecule has 0 fully saturated rings. The van der Waals surface area contributed by atoms with E-state index in [1.54, 1.807) is 36.4 Å². The predicted molar refractivity (Wildman–Crippen MR) is 90.4 cm³/mol. The number of aliphatic hydroxyl groups is 1. The zero-order valence-electron chi connectivity index (χ0n) is 12.9. The lowest BCUT2D eigenvalue weighted by atomic mass is 10.3. The topological polar surface area (TPSA) is 47.3 Å². The van der Waals surface area contributed by atoms with Crippen molar-refractivity contribution < 1.29 is 23.0 Å². The quantitative estimate of drug-likeness (QED) is 0.678. The summed E-state index contributed by atoms with van der Waals surface area (Å²) in [5, 5.41) is 10.1. The van der Waals surface area contributed by atoms with E-state index >= 15 is 0 Å². The second-order valence-corrected chi connectivity index (χ2v) is 6.37. The Kier molecular flexibility index (Phi) is 5.01. The zero-order valence-corrected chi connectivity index (χ0v) is 14.5. The number of imidazole rings is 1. The molecule has 3 rings (SSSR count). The fourth-order valence-corrected chi connectivity index (χ4v) is 2.87. The number of benzene rings is 2. The third-order valence-corrected chi connectivity index (χ3v) is 4.03. The van der Waals surface area contributed by atoms with E-state index in [-0.39, 0.29) is 18.7 Å². The maximum Gasteiger partial charge on any atom is 0.449 e. The highest BCUT2D eigenvalue weighted by molar-refractivity contribution is 9.10. The molecule has 0 amide bonds. The number of hydrogen-bond acceptors (Lipinski definition) is 3. The molecule has 1 atom stereocenters. The molecule has 3 aromatic rings. The first-order chi connectivity index (χ1) is 11.8. The number of nitrogens with zero attached hydrogens (tertiary/aromatic N) is 2. The van der Waals surface area contributed by atoms with Gasteiger partial charge in [0.2, 0.25) is 5.82 Å². The van der Waals surface area contributed by atoms with Gasteiger partial charge in [0.15, 0.2) is 0 Å². The van der Waals surface area contributed by atoms with Gasteiger partial charge in [0.05, 0.1) is 17.6 Å². The molecule has 0 saturated heterocycles. The van der Waals surface area contributed by atoms with E-state index in [2.05, 4.69) is 20.9 Å². The molecule has 8 heteroatoms. The van der Waals surface area contributed by atoms with Crippen molar-refractivity contribution in [2.45, 2.75) is 18.8 Å². The van der Waals surface area contributed by atoms with Crippen molar-refractivity contribution in [1.29, 1.82) is 0 Å². The highest BCUT2D eigenvalue weighted by Crippen LogP contribution is 2.31. The number of halogens is 4. The van der Waals surface area contributed by atoms with Gasteiger partial charge < -0.3 is 14.4 Å². The Labute approximate surface area is 150 Å². The van der Waals surface area contributed by atoms with Crippen LogP contribution in [0.25, 0.3) is 11.0 Å². The molecule has 132 valence electrons. The number of alkyl halides is 3. The van der Waals surface area contributed by atoms with Crippen LogP contribution in [0.1, 0.15) is 5.82 Å². The summed E-state index contributed by atoms with van der Waals surface area (Å²) in [6.45, 7) is -0.413. The van der Waals surface area contributed by atoms with Gasteiger partial charge in [0.1, 0.15) is 18.5 Å². The lowest BCUT2D eigenvalue weighted by Gasteiger charge is -2.16. The van der Waals surface area contributed by atoms with Crippen LogP contribution >= 0.6 is 15.9 Å². The molecule has 0 spiro atoms. The largest absolute Gasteiger partial charge is 0.491 e. The molecule has 1 heterocycles. The van der Waals surface area contributed by atoms with E-state index < -0.39 is 18.1 Å². The molecule has 0 radical (unpaired) electrons. The highest BCUT2D eigenvalue weighted by Gasteiger charge is 2.37. The molecule has 0 saturated carbocycles. The van der Waals surface area contributed by atoms with E-state index in [4.69, 9.17) is 4.74 Å². The lowest BCUT2D eigenvalue weighted by Crippen LogP contribution is -2.26. The minimum atomic E-state index is -4.61. The molecule has 1 aromatic heterocycles. The van der Waals surface area contributed by atoms with E-state index in [0.29, 0.717) is 11.3 Å². The van der Waals surface area contributed by atoms with Gasteiger partial charge in [-0.05, 0) is 30.3 Å². The molecular formula is C17H14BrF3N2O2. The minimum Gasteiger partial charge on any atom is -0.491 e. The van der Waals surface area contributed by atoms with Gasteiger partial charge in [-0.1, -0.05) is 34.1 Å². The van der Waals surface area contributed by atoms with Crippen LogP contribution in [0.5, 0.6) is 5.75 Å². The van der Waals surface area contributed by atoms with Crippen molar-refractivity contribution >= 4 is 27.0 Å². The molecule has 0 aliphatic rings. The smallest absolute Gasteiger partial charge is 0.449 e. The number of aliphatic hydroxyl groups excluding tert-OH is 1. The molecule has 1 N–H and O–H groups in total. The third kappa shape index (κ3) is 4.13. The van der Waals surface area contributed by atoms with Crippen LogP contribution < -0.4 is 4.74 Å². The summed E-state index contributed by atoms with van der Waals surface area (Å²) in [6.07, 6.45) is -5.73. The van der Waals surface area contributed by atoms with Gasteiger partial charge in [-0.25, -0.2) is 4.98 Å². The highest BCUT2D eigenvalue weighted by atomic mass is 79.9. The standard InChI is InChI=1S/C17H14BrF3N2O2/c18-11-4-3-5-13(8-11)25-10-12(24)9-23-15-7-2-1-6-14(15)22-16(23)17(19,20)21/h1-8,12,24H,9-10H2. The van der Waals surface area contributed by atoms with Gasteiger partial charge in [0.25, 0.3) is 0 Å². The van der Waals surface area contributed by atoms with Crippen molar-refractivity contribution in [2.24, 2.45) is 0 Å². The van der Waals surface area contributed by atoms with Crippen LogP contribution in [-0.4, -0.2) is 27.4 Å². The van der Waals surface area contributed by atoms with Gasteiger partial charge in [-0.15, -0.1) is 0 Å². The first-order valence-electron chi connectivity index (χ1n) is 7.43. The van der Waals surface area contributed by atoms with Crippen LogP contribution in [-0.2, 0) is 12.7 Å². The Morgan fingerprint density at radius 2 is 1.92 bits per heavy atom. The molecule has 2 aromatic carbocycles. The van der Waals surface area contributed by atoms with Gasteiger partial charge in [-0.3, -0.25) is 0 Å². The monoisotopic (exact) mass is 414 g/mol. The summed E-state index contributed by atoms with van der Waals surface area (Å²) >= 11 is 3.30. The molecule has 1 unspecified atom stereocenters. The number of fused-ring (bicyclic) bond motifs is 1. The van der Waals surface area contributed by atoms with Crippen LogP contribution in [0.4, 0.5) is 13.2 Å². The van der Waals surface area contributed by atoms with Crippen LogP contribution in [0.15, 0.2) is 53.0 Å². The molecule has 0 bridgehead atoms. The summed E-state index contributed by atoms with van der Waals surface area (Å²) in [5.41, 5.74) is 0.547. The molecule has 0 aliphatic heterocycles. The zero-order chi connectivity index (χ0) is 18.0. The van der Waals surface area contributed by atoms with E-state index in [1.807, 2.05) is 6.07 Å². The summed E-state index contributed by atoms with van der Waals surface area (Å²) < 4.78 is 46.9. The van der Waals surface area contributed by atoms with Crippen molar-refractivity contribution in [3.8, 4) is 5.75 Å². The van der Waals surface area contributed by atoms with E-state index in [1.165, 1.54) is 6.07 Å². The maximum atomic E-state index is 13.2. The van der Waals surface area contributed by atoms with Crippen LogP contribution in [0.3, 0.4) is 0 Å². The maximum absolute atomic E-state index is 13.2. The van der Waals surface area contributed by atoms with Gasteiger partial charge in [0, 0.05) is 4.47 Å². The third-order valence-electron chi connectivity index (χ3n) is 3.54. The Bertz CT molecular complexity index is 880. The summed E-state index contributed by atoms with van der Waals surface area (Å²) in [4.78, 5) is 3.65. The van der Waals surface area contributed by atoms with Crippen LogP contribution in [0.2, 0.25) is 0 Å². The number of rotatable bonds is 5. The summed E-state index contributed by atoms with van der Waals surface area (Å²) in [6, 6.07) is 13.3. The first kappa shape index (κ1) is 17.8. The Balaban J connectivity index is 1.79. The average Bonchev–Trinajstić information content (AvgIpc) is 2.92. The fraction of sp³-hybridized carbons (Fsp3) is 0.235. The summed E-state index contributed by atoms with van der Waals surface area (Å²) in [5.74, 6) is -0.518. The second kappa shape index (κ2) is 7.05. The average molecular weight is 415 g/mol. The van der Waals surface area contributed by atoms with Crippen molar-refractivity contribution in [1.82, 2.24) is 9.55 Å². The van der Waals surface area contributed by atoms with Crippen molar-refractivity contribution in [3.05, 3.63) is 58.8 Å². The Morgan fingerprint density at radius 3 is 2.64 bits per heavy atom. The van der Waals surface area contributed by atoms with Crippen LogP contribution in [0, 0.1) is 0 Å². The first-order valence-corrected chi connectivity index (χ1v) is 8.23. The predicted octanol–water partition coefficient (Wildman–Crippen LogP) is 4.26. The molecule has 4 nitrogen and oxygen atoms in total. The number of ether oxygens (including phenoxy) is 1. The van der Waals surface area contributed by atoms with E-state index in [9.17, 15) is 18.3 Å². The number of para-hydroxylation sites is 2. The fourth-order valence-electron chi connectivity index (χ4n) is 2.49. The lowest BCUT2D eigenvalue weighted by molar-refractivity contribution is -0.147. The van der Waals surface area contributed by atoms with Gasteiger partial charge in [-0.2, -0.15) is 13.2 Å². The second-order valence-electron chi connectivity index (χ2n) is 5.45. The van der Waals surface area contributed by atoms with Crippen molar-refractivity contribution in [2.75, 3.05) is 6.61 Å². The Morgan fingerprint density at radius 1 is 1.16 bits per heavy atom. The normalized spacial score (nSPS) is 13.2. The number of aromatic nitrogens is 2. The van der Waals surface area contributed by atoms with Gasteiger partial charge >= 0.3 is 6.18 Å².